The normalized spacial score (nSPS) is 28.7. The number of aliphatic hydroxyl groups is 1. The average molecular weight is 227 g/mol. The van der Waals surface area contributed by atoms with Gasteiger partial charge in [-0.3, -0.25) is 4.90 Å². The quantitative estimate of drug-likeness (QED) is 0.775. The highest BCUT2D eigenvalue weighted by molar-refractivity contribution is 4.95. The Balaban J connectivity index is 1.96. The summed E-state index contributed by atoms with van der Waals surface area (Å²) in [5, 5.41) is 10.4. The molecule has 0 bridgehead atoms. The number of morpholine rings is 1. The maximum absolute atomic E-state index is 10.4. The van der Waals surface area contributed by atoms with Gasteiger partial charge in [-0.1, -0.05) is 19.8 Å². The second-order valence-corrected chi connectivity index (χ2v) is 5.51. The largest absolute Gasteiger partial charge is 0.391 e. The van der Waals surface area contributed by atoms with E-state index in [1.54, 1.807) is 0 Å². The molecule has 2 aliphatic rings. The van der Waals surface area contributed by atoms with Gasteiger partial charge in [-0.25, -0.2) is 0 Å². The van der Waals surface area contributed by atoms with Crippen molar-refractivity contribution < 1.29 is 9.84 Å². The zero-order valence-electron chi connectivity index (χ0n) is 10.6. The highest BCUT2D eigenvalue weighted by Gasteiger charge is 2.40. The number of hydrogen-bond donors (Lipinski definition) is 1. The Bertz CT molecular complexity index is 224. The van der Waals surface area contributed by atoms with Crippen molar-refractivity contribution in [3.05, 3.63) is 0 Å². The fourth-order valence-corrected chi connectivity index (χ4v) is 2.67. The number of rotatable bonds is 5. The number of hydrogen-bond acceptors (Lipinski definition) is 3. The van der Waals surface area contributed by atoms with Crippen LogP contribution in [0.15, 0.2) is 0 Å². The van der Waals surface area contributed by atoms with Gasteiger partial charge in [-0.15, -0.1) is 0 Å². The minimum atomic E-state index is -0.178. The van der Waals surface area contributed by atoms with E-state index in [-0.39, 0.29) is 11.6 Å². The standard InChI is InChI=1S/C13H25NO2/c1-3-13(2,12(15)10-11-4-5-11)14-6-8-16-9-7-14/h11-12,15H,3-10H2,1-2H3. The SMILES string of the molecule is CCC(C)(C(O)CC1CC1)N1CCOCC1. The van der Waals surface area contributed by atoms with Crippen molar-refractivity contribution >= 4 is 0 Å². The third-order valence-electron chi connectivity index (χ3n) is 4.42. The molecule has 2 rings (SSSR count). The van der Waals surface area contributed by atoms with Gasteiger partial charge < -0.3 is 9.84 Å². The number of aliphatic hydroxyl groups excluding tert-OH is 1. The van der Waals surface area contributed by atoms with Crippen LogP contribution in [0.3, 0.4) is 0 Å². The second-order valence-electron chi connectivity index (χ2n) is 5.51. The highest BCUT2D eigenvalue weighted by Crippen LogP contribution is 2.38. The molecule has 0 radical (unpaired) electrons. The molecule has 16 heavy (non-hydrogen) atoms. The van der Waals surface area contributed by atoms with Gasteiger partial charge >= 0.3 is 0 Å². The van der Waals surface area contributed by atoms with Gasteiger partial charge in [0.25, 0.3) is 0 Å². The van der Waals surface area contributed by atoms with Gasteiger partial charge in [0.1, 0.15) is 0 Å². The third kappa shape index (κ3) is 2.58. The molecular formula is C13H25NO2. The molecule has 2 fully saturated rings. The van der Waals surface area contributed by atoms with Crippen LogP contribution in [0.5, 0.6) is 0 Å². The molecule has 1 heterocycles. The molecule has 94 valence electrons. The predicted molar refractivity (Wildman–Crippen MR) is 64.4 cm³/mol. The van der Waals surface area contributed by atoms with Crippen LogP contribution in [0.25, 0.3) is 0 Å². The summed E-state index contributed by atoms with van der Waals surface area (Å²) in [6, 6.07) is 0. The zero-order valence-corrected chi connectivity index (χ0v) is 10.6. The first-order valence-electron chi connectivity index (χ1n) is 6.67. The van der Waals surface area contributed by atoms with Crippen LogP contribution < -0.4 is 0 Å². The monoisotopic (exact) mass is 227 g/mol. The van der Waals surface area contributed by atoms with Gasteiger partial charge in [-0.2, -0.15) is 0 Å². The molecule has 2 atom stereocenters. The van der Waals surface area contributed by atoms with E-state index in [1.165, 1.54) is 12.8 Å². The molecular weight excluding hydrogens is 202 g/mol. The maximum atomic E-state index is 10.4. The van der Waals surface area contributed by atoms with Crippen molar-refractivity contribution in [1.82, 2.24) is 4.90 Å². The van der Waals surface area contributed by atoms with Crippen LogP contribution >= 0.6 is 0 Å². The van der Waals surface area contributed by atoms with Gasteiger partial charge in [0.2, 0.25) is 0 Å². The van der Waals surface area contributed by atoms with Gasteiger partial charge in [0.15, 0.2) is 0 Å². The van der Waals surface area contributed by atoms with Crippen molar-refractivity contribution in [1.29, 1.82) is 0 Å². The first-order chi connectivity index (χ1) is 7.66. The van der Waals surface area contributed by atoms with E-state index in [9.17, 15) is 5.11 Å². The molecule has 0 aromatic heterocycles. The van der Waals surface area contributed by atoms with Crippen LogP contribution in [-0.2, 0) is 4.74 Å². The lowest BCUT2D eigenvalue weighted by Gasteiger charge is -2.46. The summed E-state index contributed by atoms with van der Waals surface area (Å²) in [4.78, 5) is 2.42. The minimum Gasteiger partial charge on any atom is -0.391 e. The van der Waals surface area contributed by atoms with Crippen molar-refractivity contribution in [3.8, 4) is 0 Å². The molecule has 0 aromatic rings. The lowest BCUT2D eigenvalue weighted by Crippen LogP contribution is -2.57. The second kappa shape index (κ2) is 5.03. The Kier molecular flexibility index (Phi) is 3.88. The Morgan fingerprint density at radius 1 is 1.38 bits per heavy atom. The van der Waals surface area contributed by atoms with E-state index < -0.39 is 0 Å². The Labute approximate surface area is 98.8 Å². The molecule has 1 N–H and O–H groups in total. The molecule has 2 unspecified atom stereocenters. The Hall–Kier alpha value is -0.120. The maximum Gasteiger partial charge on any atom is 0.0723 e. The molecule has 0 aromatic carbocycles. The summed E-state index contributed by atoms with van der Waals surface area (Å²) in [7, 11) is 0. The summed E-state index contributed by atoms with van der Waals surface area (Å²) in [6.07, 6.45) is 4.46. The predicted octanol–water partition coefficient (Wildman–Crippen LogP) is 1.65. The summed E-state index contributed by atoms with van der Waals surface area (Å²) < 4.78 is 5.39. The third-order valence-corrected chi connectivity index (χ3v) is 4.42. The van der Waals surface area contributed by atoms with E-state index in [4.69, 9.17) is 4.74 Å². The van der Waals surface area contributed by atoms with E-state index in [1.807, 2.05) is 0 Å². The summed E-state index contributed by atoms with van der Waals surface area (Å²) >= 11 is 0. The first-order valence-corrected chi connectivity index (χ1v) is 6.67. The Morgan fingerprint density at radius 3 is 2.50 bits per heavy atom. The molecule has 1 saturated carbocycles. The summed E-state index contributed by atoms with van der Waals surface area (Å²) in [5.41, 5.74) is -0.0492. The molecule has 3 heteroatoms. The fraction of sp³-hybridized carbons (Fsp3) is 1.00. The minimum absolute atomic E-state index is 0.0492. The average Bonchev–Trinajstić information content (AvgIpc) is 3.13. The van der Waals surface area contributed by atoms with Crippen LogP contribution in [-0.4, -0.2) is 48.0 Å². The van der Waals surface area contributed by atoms with Crippen LogP contribution in [0.1, 0.15) is 39.5 Å². The summed E-state index contributed by atoms with van der Waals surface area (Å²) in [5.74, 6) is 0.793. The molecule has 1 aliphatic carbocycles. The van der Waals surface area contributed by atoms with Gasteiger partial charge in [0.05, 0.1) is 19.3 Å². The van der Waals surface area contributed by atoms with Crippen molar-refractivity contribution in [2.24, 2.45) is 5.92 Å². The zero-order chi connectivity index (χ0) is 11.6. The highest BCUT2D eigenvalue weighted by atomic mass is 16.5. The Morgan fingerprint density at radius 2 is 2.00 bits per heavy atom. The van der Waals surface area contributed by atoms with Gasteiger partial charge in [0, 0.05) is 18.6 Å². The van der Waals surface area contributed by atoms with Gasteiger partial charge in [-0.05, 0) is 25.7 Å². The van der Waals surface area contributed by atoms with E-state index in [0.29, 0.717) is 0 Å². The molecule has 1 saturated heterocycles. The van der Waals surface area contributed by atoms with Crippen molar-refractivity contribution in [2.75, 3.05) is 26.3 Å². The van der Waals surface area contributed by atoms with Crippen LogP contribution in [0.4, 0.5) is 0 Å². The molecule has 0 amide bonds. The van der Waals surface area contributed by atoms with Crippen molar-refractivity contribution in [2.45, 2.75) is 51.2 Å². The van der Waals surface area contributed by atoms with Crippen LogP contribution in [0.2, 0.25) is 0 Å². The molecule has 0 spiro atoms. The molecule has 1 aliphatic heterocycles. The number of nitrogens with zero attached hydrogens (tertiary/aromatic N) is 1. The molecule has 3 nitrogen and oxygen atoms in total. The lowest BCUT2D eigenvalue weighted by molar-refractivity contribution is -0.0754. The van der Waals surface area contributed by atoms with E-state index in [2.05, 4.69) is 18.7 Å². The lowest BCUT2D eigenvalue weighted by atomic mass is 9.86. The smallest absolute Gasteiger partial charge is 0.0723 e. The van der Waals surface area contributed by atoms with E-state index in [0.717, 1.165) is 45.1 Å². The summed E-state index contributed by atoms with van der Waals surface area (Å²) in [6.45, 7) is 7.95. The van der Waals surface area contributed by atoms with Crippen molar-refractivity contribution in [3.63, 3.8) is 0 Å². The van der Waals surface area contributed by atoms with Crippen LogP contribution in [0, 0.1) is 5.92 Å². The number of ether oxygens (including phenoxy) is 1. The first kappa shape index (κ1) is 12.3. The topological polar surface area (TPSA) is 32.7 Å². The fourth-order valence-electron chi connectivity index (χ4n) is 2.67. The van der Waals surface area contributed by atoms with E-state index >= 15 is 0 Å².